The second-order valence-electron chi connectivity index (χ2n) is 6.09. The SMILES string of the molecule is Cc1ccc(C(=O)N/N=C\c2cc(N=Nc3cccc(Br)c3)ccc2O)cc1Cl. The van der Waals surface area contributed by atoms with Crippen LogP contribution in [-0.4, -0.2) is 17.2 Å². The van der Waals surface area contributed by atoms with Crippen molar-refractivity contribution in [2.45, 2.75) is 6.92 Å². The lowest BCUT2D eigenvalue weighted by Crippen LogP contribution is -2.17. The van der Waals surface area contributed by atoms with Crippen LogP contribution >= 0.6 is 27.5 Å². The van der Waals surface area contributed by atoms with E-state index in [0.29, 0.717) is 27.5 Å². The average Bonchev–Trinajstić information content (AvgIpc) is 2.70. The van der Waals surface area contributed by atoms with Crippen molar-refractivity contribution in [3.8, 4) is 5.75 Å². The molecule has 0 heterocycles. The highest BCUT2D eigenvalue weighted by Gasteiger charge is 2.06. The van der Waals surface area contributed by atoms with Gasteiger partial charge in [-0.2, -0.15) is 15.3 Å². The fraction of sp³-hybridized carbons (Fsp3) is 0.0476. The quantitative estimate of drug-likeness (QED) is 0.260. The molecule has 29 heavy (non-hydrogen) atoms. The molecule has 0 fully saturated rings. The van der Waals surface area contributed by atoms with Gasteiger partial charge in [0, 0.05) is 20.6 Å². The van der Waals surface area contributed by atoms with Gasteiger partial charge >= 0.3 is 0 Å². The predicted molar refractivity (Wildman–Crippen MR) is 118 cm³/mol. The Hall–Kier alpha value is -3.03. The summed E-state index contributed by atoms with van der Waals surface area (Å²) in [6, 6.07) is 17.1. The van der Waals surface area contributed by atoms with Crippen LogP contribution in [0, 0.1) is 6.92 Å². The maximum absolute atomic E-state index is 12.2. The van der Waals surface area contributed by atoms with Gasteiger partial charge in [0.15, 0.2) is 0 Å². The van der Waals surface area contributed by atoms with Crippen LogP contribution in [0.3, 0.4) is 0 Å². The summed E-state index contributed by atoms with van der Waals surface area (Å²) in [6.07, 6.45) is 1.33. The van der Waals surface area contributed by atoms with E-state index in [2.05, 4.69) is 36.7 Å². The number of hydrogen-bond acceptors (Lipinski definition) is 5. The van der Waals surface area contributed by atoms with E-state index in [4.69, 9.17) is 11.6 Å². The Morgan fingerprint density at radius 3 is 2.55 bits per heavy atom. The summed E-state index contributed by atoms with van der Waals surface area (Å²) in [5.41, 5.74) is 5.28. The van der Waals surface area contributed by atoms with E-state index in [-0.39, 0.29) is 5.75 Å². The highest BCUT2D eigenvalue weighted by atomic mass is 79.9. The molecular formula is C21H16BrClN4O2. The van der Waals surface area contributed by atoms with Gasteiger partial charge in [-0.1, -0.05) is 39.7 Å². The lowest BCUT2D eigenvalue weighted by molar-refractivity contribution is 0.0955. The third-order valence-corrected chi connectivity index (χ3v) is 4.80. The van der Waals surface area contributed by atoms with Crippen molar-refractivity contribution in [2.75, 3.05) is 0 Å². The van der Waals surface area contributed by atoms with E-state index in [1.54, 1.807) is 30.3 Å². The van der Waals surface area contributed by atoms with Crippen LogP contribution in [0.15, 0.2) is 80.5 Å². The second kappa shape index (κ2) is 9.45. The number of phenolic OH excluding ortho intramolecular Hbond substituents is 1. The molecule has 0 saturated heterocycles. The minimum absolute atomic E-state index is 0.00258. The Morgan fingerprint density at radius 2 is 1.83 bits per heavy atom. The first-order valence-electron chi connectivity index (χ1n) is 8.52. The van der Waals surface area contributed by atoms with Crippen LogP contribution in [0.2, 0.25) is 5.02 Å². The number of nitrogens with one attached hydrogen (secondary N) is 1. The maximum atomic E-state index is 12.2. The summed E-state index contributed by atoms with van der Waals surface area (Å²) in [5, 5.41) is 22.7. The third kappa shape index (κ3) is 5.73. The molecule has 0 aliphatic carbocycles. The Kier molecular flexibility index (Phi) is 6.74. The van der Waals surface area contributed by atoms with Crippen molar-refractivity contribution in [1.29, 1.82) is 0 Å². The highest BCUT2D eigenvalue weighted by molar-refractivity contribution is 9.10. The van der Waals surface area contributed by atoms with Gasteiger partial charge in [0.2, 0.25) is 0 Å². The lowest BCUT2D eigenvalue weighted by Gasteiger charge is -2.03. The predicted octanol–water partition coefficient (Wildman–Crippen LogP) is 6.30. The summed E-state index contributed by atoms with van der Waals surface area (Å²) in [6.45, 7) is 1.85. The molecule has 0 aliphatic rings. The molecule has 1 amide bonds. The lowest BCUT2D eigenvalue weighted by atomic mass is 10.1. The Morgan fingerprint density at radius 1 is 1.07 bits per heavy atom. The smallest absolute Gasteiger partial charge is 0.271 e. The van der Waals surface area contributed by atoms with Crippen LogP contribution < -0.4 is 5.43 Å². The van der Waals surface area contributed by atoms with Gasteiger partial charge in [-0.3, -0.25) is 4.79 Å². The molecule has 2 N–H and O–H groups in total. The number of aromatic hydroxyl groups is 1. The molecule has 0 aliphatic heterocycles. The van der Waals surface area contributed by atoms with Gasteiger partial charge in [0.05, 0.1) is 17.6 Å². The highest BCUT2D eigenvalue weighted by Crippen LogP contribution is 2.25. The number of aryl methyl sites for hydroxylation is 1. The molecule has 0 atom stereocenters. The van der Waals surface area contributed by atoms with Gasteiger partial charge in [0.25, 0.3) is 5.91 Å². The first-order chi connectivity index (χ1) is 13.9. The van der Waals surface area contributed by atoms with E-state index in [9.17, 15) is 9.90 Å². The van der Waals surface area contributed by atoms with E-state index in [0.717, 1.165) is 10.0 Å². The minimum atomic E-state index is -0.409. The van der Waals surface area contributed by atoms with Crippen molar-refractivity contribution in [3.63, 3.8) is 0 Å². The van der Waals surface area contributed by atoms with Crippen LogP contribution in [0.4, 0.5) is 11.4 Å². The van der Waals surface area contributed by atoms with Crippen molar-refractivity contribution in [3.05, 3.63) is 86.8 Å². The van der Waals surface area contributed by atoms with Gasteiger partial charge in [0.1, 0.15) is 5.75 Å². The van der Waals surface area contributed by atoms with E-state index in [1.165, 1.54) is 12.3 Å². The number of halogens is 2. The Balaban J connectivity index is 1.71. The number of amides is 1. The number of azo groups is 1. The molecule has 0 bridgehead atoms. The van der Waals surface area contributed by atoms with Crippen molar-refractivity contribution in [2.24, 2.45) is 15.3 Å². The molecule has 3 rings (SSSR count). The summed E-state index contributed by atoms with van der Waals surface area (Å²) < 4.78 is 0.901. The maximum Gasteiger partial charge on any atom is 0.271 e. The topological polar surface area (TPSA) is 86.4 Å². The first-order valence-corrected chi connectivity index (χ1v) is 9.69. The average molecular weight is 472 g/mol. The van der Waals surface area contributed by atoms with Crippen LogP contribution in [0.1, 0.15) is 21.5 Å². The molecule has 3 aromatic carbocycles. The van der Waals surface area contributed by atoms with Gasteiger partial charge < -0.3 is 5.11 Å². The van der Waals surface area contributed by atoms with Crippen LogP contribution in [0.5, 0.6) is 5.75 Å². The molecule has 0 saturated carbocycles. The molecular weight excluding hydrogens is 456 g/mol. The molecule has 8 heteroatoms. The summed E-state index contributed by atoms with van der Waals surface area (Å²) in [7, 11) is 0. The van der Waals surface area contributed by atoms with E-state index < -0.39 is 5.91 Å². The first kappa shape index (κ1) is 20.7. The Bertz CT molecular complexity index is 1120. The number of nitrogens with zero attached hydrogens (tertiary/aromatic N) is 3. The Labute approximate surface area is 181 Å². The number of carbonyl (C=O) groups is 1. The van der Waals surface area contributed by atoms with Gasteiger partial charge in [-0.15, -0.1) is 0 Å². The second-order valence-corrected chi connectivity index (χ2v) is 7.41. The number of benzene rings is 3. The zero-order valence-electron chi connectivity index (χ0n) is 15.3. The zero-order chi connectivity index (χ0) is 20.8. The normalized spacial score (nSPS) is 11.3. The molecule has 6 nitrogen and oxygen atoms in total. The van der Waals surface area contributed by atoms with Crippen LogP contribution in [-0.2, 0) is 0 Å². The zero-order valence-corrected chi connectivity index (χ0v) is 17.6. The number of hydrogen-bond donors (Lipinski definition) is 2. The molecule has 0 aromatic heterocycles. The number of rotatable bonds is 5. The van der Waals surface area contributed by atoms with Gasteiger partial charge in [-0.25, -0.2) is 5.43 Å². The minimum Gasteiger partial charge on any atom is -0.507 e. The third-order valence-electron chi connectivity index (χ3n) is 3.90. The van der Waals surface area contributed by atoms with Crippen LogP contribution in [0.25, 0.3) is 0 Å². The number of carbonyl (C=O) groups excluding carboxylic acids is 1. The van der Waals surface area contributed by atoms with Crippen molar-refractivity contribution >= 4 is 51.0 Å². The van der Waals surface area contributed by atoms with E-state index in [1.807, 2.05) is 31.2 Å². The van der Waals surface area contributed by atoms with Gasteiger partial charge in [-0.05, 0) is 61.0 Å². The van der Waals surface area contributed by atoms with Crippen molar-refractivity contribution < 1.29 is 9.90 Å². The molecule has 0 spiro atoms. The summed E-state index contributed by atoms with van der Waals surface area (Å²) >= 11 is 9.42. The summed E-state index contributed by atoms with van der Waals surface area (Å²) in [5.74, 6) is -0.407. The summed E-state index contributed by atoms with van der Waals surface area (Å²) in [4.78, 5) is 12.2. The fourth-order valence-corrected chi connectivity index (χ4v) is 2.89. The standard InChI is InChI=1S/C21H16BrClN4O2/c1-13-5-6-14(10-19(13)23)21(29)27-24-12-15-9-18(7-8-20(15)28)26-25-17-4-2-3-16(22)11-17/h2-12,28H,1H3,(H,27,29)/b24-12-,26-25?. The number of phenols is 1. The molecule has 0 unspecified atom stereocenters. The largest absolute Gasteiger partial charge is 0.507 e. The molecule has 0 radical (unpaired) electrons. The molecule has 146 valence electrons. The number of hydrazone groups is 1. The van der Waals surface area contributed by atoms with E-state index >= 15 is 0 Å². The molecule has 3 aromatic rings. The fourth-order valence-electron chi connectivity index (χ4n) is 2.32. The van der Waals surface area contributed by atoms with Crippen molar-refractivity contribution in [1.82, 2.24) is 5.43 Å². The monoisotopic (exact) mass is 470 g/mol.